The Labute approximate surface area is 191 Å². The van der Waals surface area contributed by atoms with Crippen molar-refractivity contribution >= 4 is 38.1 Å². The molecule has 0 bridgehead atoms. The largest absolute Gasteiger partial charge is 0.454 e. The van der Waals surface area contributed by atoms with Crippen LogP contribution in [0.25, 0.3) is 10.1 Å². The molecule has 0 unspecified atom stereocenters. The van der Waals surface area contributed by atoms with Crippen LogP contribution in [0, 0.1) is 0 Å². The summed E-state index contributed by atoms with van der Waals surface area (Å²) in [7, 11) is 0. The second kappa shape index (κ2) is 9.26. The van der Waals surface area contributed by atoms with Crippen molar-refractivity contribution in [2.24, 2.45) is 5.73 Å². The molecule has 1 saturated heterocycles. The maximum Gasteiger partial charge on any atom is 0.319 e. The smallest absolute Gasteiger partial charge is 0.319 e. The molecule has 2 aliphatic heterocycles. The third kappa shape index (κ3) is 4.47. The summed E-state index contributed by atoms with van der Waals surface area (Å²) in [6.07, 6.45) is 1.97. The van der Waals surface area contributed by atoms with Crippen molar-refractivity contribution in [1.82, 2.24) is 4.90 Å². The van der Waals surface area contributed by atoms with Gasteiger partial charge in [0.05, 0.1) is 0 Å². The van der Waals surface area contributed by atoms with Crippen LogP contribution in [0.3, 0.4) is 0 Å². The maximum atomic E-state index is 12.0. The summed E-state index contributed by atoms with van der Waals surface area (Å²) in [6.45, 7) is 6.05. The fraction of sp³-hybridized carbons (Fsp3) is 0.375. The SMILES string of the molecule is NC(=O)N(CCCCN1CCN(c2ccc3c(c2)OCO3)CC1)c1cc2ccccc2s1. The zero-order valence-corrected chi connectivity index (χ0v) is 18.9. The van der Waals surface area contributed by atoms with E-state index in [4.69, 9.17) is 15.2 Å². The van der Waals surface area contributed by atoms with Gasteiger partial charge >= 0.3 is 6.03 Å². The highest BCUT2D eigenvalue weighted by Crippen LogP contribution is 2.36. The van der Waals surface area contributed by atoms with Gasteiger partial charge < -0.3 is 20.1 Å². The topological polar surface area (TPSA) is 71.3 Å². The molecule has 2 aliphatic rings. The van der Waals surface area contributed by atoms with Gasteiger partial charge in [-0.25, -0.2) is 4.79 Å². The first-order valence-electron chi connectivity index (χ1n) is 11.1. The molecule has 3 aromatic rings. The molecule has 168 valence electrons. The van der Waals surface area contributed by atoms with Crippen LogP contribution < -0.4 is 25.0 Å². The molecule has 0 aliphatic carbocycles. The van der Waals surface area contributed by atoms with E-state index in [2.05, 4.69) is 40.1 Å². The first-order chi connectivity index (χ1) is 15.7. The van der Waals surface area contributed by atoms with Crippen molar-refractivity contribution in [2.45, 2.75) is 12.8 Å². The second-order valence-electron chi connectivity index (χ2n) is 8.19. The molecular weight excluding hydrogens is 424 g/mol. The number of amides is 2. The predicted octanol–water partition coefficient (Wildman–Crippen LogP) is 4.12. The molecule has 0 saturated carbocycles. The lowest BCUT2D eigenvalue weighted by molar-refractivity contribution is 0.174. The van der Waals surface area contributed by atoms with E-state index in [1.54, 1.807) is 16.2 Å². The van der Waals surface area contributed by atoms with Gasteiger partial charge in [0.25, 0.3) is 0 Å². The van der Waals surface area contributed by atoms with Gasteiger partial charge in [-0.05, 0) is 49.0 Å². The molecule has 1 fully saturated rings. The number of carbonyl (C=O) groups is 1. The Morgan fingerprint density at radius 1 is 1.00 bits per heavy atom. The summed E-state index contributed by atoms with van der Waals surface area (Å²) in [6, 6.07) is 16.0. The van der Waals surface area contributed by atoms with E-state index in [-0.39, 0.29) is 6.03 Å². The minimum Gasteiger partial charge on any atom is -0.454 e. The molecule has 0 spiro atoms. The van der Waals surface area contributed by atoms with Gasteiger partial charge in [0, 0.05) is 49.2 Å². The van der Waals surface area contributed by atoms with Gasteiger partial charge in [0.1, 0.15) is 5.00 Å². The minimum absolute atomic E-state index is 0.308. The Bertz CT molecular complexity index is 1060. The van der Waals surface area contributed by atoms with E-state index < -0.39 is 0 Å². The Morgan fingerprint density at radius 3 is 2.62 bits per heavy atom. The van der Waals surface area contributed by atoms with Gasteiger partial charge in [-0.15, -0.1) is 11.3 Å². The van der Waals surface area contributed by atoms with E-state index in [0.717, 1.165) is 67.5 Å². The quantitative estimate of drug-likeness (QED) is 0.546. The maximum absolute atomic E-state index is 12.0. The van der Waals surface area contributed by atoms with Crippen LogP contribution in [0.1, 0.15) is 12.8 Å². The van der Waals surface area contributed by atoms with Crippen molar-refractivity contribution in [2.75, 3.05) is 55.9 Å². The number of unbranched alkanes of at least 4 members (excludes halogenated alkanes) is 1. The number of nitrogens with zero attached hydrogens (tertiary/aromatic N) is 3. The highest BCUT2D eigenvalue weighted by molar-refractivity contribution is 7.23. The summed E-state index contributed by atoms with van der Waals surface area (Å²) in [5.74, 6) is 1.66. The lowest BCUT2D eigenvalue weighted by Crippen LogP contribution is -2.46. The Morgan fingerprint density at radius 2 is 1.81 bits per heavy atom. The lowest BCUT2D eigenvalue weighted by Gasteiger charge is -2.36. The van der Waals surface area contributed by atoms with Crippen molar-refractivity contribution in [3.05, 3.63) is 48.5 Å². The van der Waals surface area contributed by atoms with E-state index in [1.807, 2.05) is 18.2 Å². The number of benzene rings is 2. The van der Waals surface area contributed by atoms with Crippen LogP contribution in [0.15, 0.2) is 48.5 Å². The number of hydrogen-bond donors (Lipinski definition) is 1. The standard InChI is InChI=1S/C24H28N4O3S/c25-24(29)28(23-15-18-5-1-2-6-22(18)32-23)10-4-3-9-26-11-13-27(14-12-26)19-7-8-20-21(16-19)31-17-30-20/h1-2,5-8,15-16H,3-4,9-14,17H2,(H2,25,29). The zero-order valence-electron chi connectivity index (χ0n) is 18.0. The number of piperazine rings is 1. The monoisotopic (exact) mass is 452 g/mol. The molecule has 0 atom stereocenters. The molecule has 7 nitrogen and oxygen atoms in total. The fourth-order valence-electron chi connectivity index (χ4n) is 4.35. The molecule has 5 rings (SSSR count). The van der Waals surface area contributed by atoms with Gasteiger partial charge in [-0.3, -0.25) is 9.80 Å². The number of hydrogen-bond acceptors (Lipinski definition) is 6. The lowest BCUT2D eigenvalue weighted by atomic mass is 10.2. The Hall–Kier alpha value is -2.97. The number of nitrogens with two attached hydrogens (primary N) is 1. The number of anilines is 2. The molecule has 3 heterocycles. The van der Waals surface area contributed by atoms with Crippen LogP contribution in [-0.4, -0.2) is 57.0 Å². The number of rotatable bonds is 7. The normalized spacial score (nSPS) is 15.9. The molecule has 2 amide bonds. The van der Waals surface area contributed by atoms with Gasteiger partial charge in [-0.2, -0.15) is 0 Å². The van der Waals surface area contributed by atoms with E-state index in [0.29, 0.717) is 13.3 Å². The van der Waals surface area contributed by atoms with E-state index >= 15 is 0 Å². The molecule has 2 aromatic carbocycles. The van der Waals surface area contributed by atoms with Crippen LogP contribution in [0.2, 0.25) is 0 Å². The fourth-order valence-corrected chi connectivity index (χ4v) is 5.44. The molecule has 32 heavy (non-hydrogen) atoms. The first kappa shape index (κ1) is 20.9. The summed E-state index contributed by atoms with van der Waals surface area (Å²) in [4.78, 5) is 18.6. The van der Waals surface area contributed by atoms with Gasteiger partial charge in [0.15, 0.2) is 11.5 Å². The van der Waals surface area contributed by atoms with E-state index in [1.165, 1.54) is 10.4 Å². The number of thiophene rings is 1. The highest BCUT2D eigenvalue weighted by Gasteiger charge is 2.20. The van der Waals surface area contributed by atoms with Crippen LogP contribution in [-0.2, 0) is 0 Å². The summed E-state index contributed by atoms with van der Waals surface area (Å²) in [5.41, 5.74) is 6.87. The average Bonchev–Trinajstić information content (AvgIpc) is 3.45. The van der Waals surface area contributed by atoms with Crippen LogP contribution in [0.5, 0.6) is 11.5 Å². The predicted molar refractivity (Wildman–Crippen MR) is 129 cm³/mol. The Balaban J connectivity index is 1.08. The van der Waals surface area contributed by atoms with E-state index in [9.17, 15) is 4.79 Å². The first-order valence-corrected chi connectivity index (χ1v) is 11.9. The zero-order chi connectivity index (χ0) is 21.9. The second-order valence-corrected chi connectivity index (χ2v) is 9.25. The third-order valence-electron chi connectivity index (χ3n) is 6.14. The van der Waals surface area contributed by atoms with Crippen LogP contribution in [0.4, 0.5) is 15.5 Å². The molecule has 1 aromatic heterocycles. The number of urea groups is 1. The molecule has 2 N–H and O–H groups in total. The van der Waals surface area contributed by atoms with Crippen molar-refractivity contribution < 1.29 is 14.3 Å². The Kier molecular flexibility index (Phi) is 6.05. The minimum atomic E-state index is -0.381. The summed E-state index contributed by atoms with van der Waals surface area (Å²) >= 11 is 1.62. The van der Waals surface area contributed by atoms with Crippen molar-refractivity contribution in [1.29, 1.82) is 0 Å². The third-order valence-corrected chi connectivity index (χ3v) is 7.28. The van der Waals surface area contributed by atoms with Crippen molar-refractivity contribution in [3.63, 3.8) is 0 Å². The number of primary amides is 1. The number of ether oxygens (including phenoxy) is 2. The highest BCUT2D eigenvalue weighted by atomic mass is 32.1. The van der Waals surface area contributed by atoms with Gasteiger partial charge in [0.2, 0.25) is 6.79 Å². The van der Waals surface area contributed by atoms with Crippen molar-refractivity contribution in [3.8, 4) is 11.5 Å². The molecular formula is C24H28N4O3S. The van der Waals surface area contributed by atoms with Crippen LogP contribution >= 0.6 is 11.3 Å². The summed E-state index contributed by atoms with van der Waals surface area (Å²) < 4.78 is 12.1. The molecule has 0 radical (unpaired) electrons. The average molecular weight is 453 g/mol. The number of fused-ring (bicyclic) bond motifs is 2. The van der Waals surface area contributed by atoms with Gasteiger partial charge in [-0.1, -0.05) is 18.2 Å². The molecule has 8 heteroatoms. The number of carbonyl (C=O) groups excluding carboxylic acids is 1. The summed E-state index contributed by atoms with van der Waals surface area (Å²) in [5, 5.41) is 2.08.